The first-order valence-electron chi connectivity index (χ1n) is 4.26. The summed E-state index contributed by atoms with van der Waals surface area (Å²) in [5.74, 6) is 0.361. The van der Waals surface area contributed by atoms with Crippen molar-refractivity contribution in [1.82, 2.24) is 0 Å². The number of hydrogen-bond acceptors (Lipinski definition) is 2. The van der Waals surface area contributed by atoms with Crippen LogP contribution in [0.15, 0.2) is 12.1 Å². The van der Waals surface area contributed by atoms with E-state index < -0.39 is 0 Å². The summed E-state index contributed by atoms with van der Waals surface area (Å²) in [7, 11) is 0. The maximum absolute atomic E-state index is 9.32. The van der Waals surface area contributed by atoms with Crippen LogP contribution in [0, 0.1) is 6.92 Å². The molecule has 2 heteroatoms. The Hall–Kier alpha value is -1.02. The first-order chi connectivity index (χ1) is 5.68. The van der Waals surface area contributed by atoms with Gasteiger partial charge in [0.05, 0.1) is 0 Å². The van der Waals surface area contributed by atoms with Crippen LogP contribution < -0.4 is 5.73 Å². The summed E-state index contributed by atoms with van der Waals surface area (Å²) in [5, 5.41) is 9.32. The second-order valence-electron chi connectivity index (χ2n) is 3.48. The molecule has 0 amide bonds. The lowest BCUT2D eigenvalue weighted by Crippen LogP contribution is -2.06. The molecule has 1 aromatic carbocycles. The molecule has 2 nitrogen and oxygen atoms in total. The molecule has 0 heterocycles. The second-order valence-corrected chi connectivity index (χ2v) is 3.48. The summed E-state index contributed by atoms with van der Waals surface area (Å²) < 4.78 is 0. The van der Waals surface area contributed by atoms with E-state index in [9.17, 15) is 5.11 Å². The van der Waals surface area contributed by atoms with E-state index in [0.29, 0.717) is 5.75 Å². The number of fused-ring (bicyclic) bond motifs is 1. The molecule has 0 aliphatic heterocycles. The summed E-state index contributed by atoms with van der Waals surface area (Å²) in [5.41, 5.74) is 9.50. The molecule has 0 aromatic heterocycles. The summed E-state index contributed by atoms with van der Waals surface area (Å²) >= 11 is 0. The zero-order valence-electron chi connectivity index (χ0n) is 7.17. The van der Waals surface area contributed by atoms with Crippen LogP contribution in [0.4, 0.5) is 0 Å². The smallest absolute Gasteiger partial charge is 0.116 e. The zero-order chi connectivity index (χ0) is 8.72. The first-order valence-corrected chi connectivity index (χ1v) is 4.26. The highest BCUT2D eigenvalue weighted by Gasteiger charge is 2.21. The van der Waals surface area contributed by atoms with Gasteiger partial charge in [-0.2, -0.15) is 0 Å². The van der Waals surface area contributed by atoms with Gasteiger partial charge in [0.15, 0.2) is 0 Å². The average molecular weight is 163 g/mol. The SMILES string of the molecule is Cc1cc(O)cc2c1[C@@H](N)CC2. The van der Waals surface area contributed by atoms with Crippen molar-refractivity contribution in [1.29, 1.82) is 0 Å². The third-order valence-corrected chi connectivity index (χ3v) is 2.55. The molecule has 3 N–H and O–H groups in total. The molecular formula is C10H13NO. The Morgan fingerprint density at radius 2 is 2.25 bits per heavy atom. The van der Waals surface area contributed by atoms with Crippen LogP contribution in [0.1, 0.15) is 29.2 Å². The van der Waals surface area contributed by atoms with Gasteiger partial charge in [-0.25, -0.2) is 0 Å². The molecule has 0 saturated heterocycles. The van der Waals surface area contributed by atoms with Crippen molar-refractivity contribution >= 4 is 0 Å². The maximum Gasteiger partial charge on any atom is 0.116 e. The van der Waals surface area contributed by atoms with Crippen molar-refractivity contribution in [3.8, 4) is 5.75 Å². The van der Waals surface area contributed by atoms with E-state index in [2.05, 4.69) is 0 Å². The van der Waals surface area contributed by atoms with E-state index in [4.69, 9.17) is 5.73 Å². The van der Waals surface area contributed by atoms with Crippen LogP contribution >= 0.6 is 0 Å². The summed E-state index contributed by atoms with van der Waals surface area (Å²) in [6, 6.07) is 3.79. The van der Waals surface area contributed by atoms with Gasteiger partial charge in [-0.1, -0.05) is 0 Å². The lowest BCUT2D eigenvalue weighted by Gasteiger charge is -2.08. The highest BCUT2D eigenvalue weighted by Crippen LogP contribution is 2.34. The van der Waals surface area contributed by atoms with Crippen LogP contribution in [0.2, 0.25) is 0 Å². The van der Waals surface area contributed by atoms with Gasteiger partial charge in [0.25, 0.3) is 0 Å². The van der Waals surface area contributed by atoms with Gasteiger partial charge in [-0.15, -0.1) is 0 Å². The van der Waals surface area contributed by atoms with E-state index >= 15 is 0 Å². The fourth-order valence-corrected chi connectivity index (χ4v) is 2.04. The third-order valence-electron chi connectivity index (χ3n) is 2.55. The minimum Gasteiger partial charge on any atom is -0.508 e. The molecule has 0 bridgehead atoms. The second kappa shape index (κ2) is 2.49. The van der Waals surface area contributed by atoms with Gasteiger partial charge >= 0.3 is 0 Å². The predicted octanol–water partition coefficient (Wildman–Crippen LogP) is 1.65. The Bertz CT molecular complexity index is 320. The van der Waals surface area contributed by atoms with E-state index in [0.717, 1.165) is 18.4 Å². The Morgan fingerprint density at radius 3 is 3.00 bits per heavy atom. The number of rotatable bonds is 0. The minimum atomic E-state index is 0.181. The van der Waals surface area contributed by atoms with Gasteiger partial charge in [-0.3, -0.25) is 0 Å². The Morgan fingerprint density at radius 1 is 1.50 bits per heavy atom. The number of nitrogens with two attached hydrogens (primary N) is 1. The van der Waals surface area contributed by atoms with Gasteiger partial charge in [0.1, 0.15) is 5.75 Å². The number of benzene rings is 1. The fraction of sp³-hybridized carbons (Fsp3) is 0.400. The molecule has 1 aromatic rings. The van der Waals surface area contributed by atoms with Gasteiger partial charge in [0.2, 0.25) is 0 Å². The molecule has 1 aliphatic rings. The number of aryl methyl sites for hydroxylation is 2. The van der Waals surface area contributed by atoms with E-state index in [1.807, 2.05) is 13.0 Å². The lowest BCUT2D eigenvalue weighted by molar-refractivity contribution is 0.474. The van der Waals surface area contributed by atoms with Crippen molar-refractivity contribution in [2.75, 3.05) is 0 Å². The number of phenols is 1. The molecule has 2 rings (SSSR count). The Kier molecular flexibility index (Phi) is 1.58. The number of aromatic hydroxyl groups is 1. The quantitative estimate of drug-likeness (QED) is 0.610. The van der Waals surface area contributed by atoms with Crippen LogP contribution in [-0.4, -0.2) is 5.11 Å². The summed E-state index contributed by atoms with van der Waals surface area (Å²) in [6.07, 6.45) is 2.02. The molecule has 0 radical (unpaired) electrons. The van der Waals surface area contributed by atoms with Crippen molar-refractivity contribution in [2.24, 2.45) is 5.73 Å². The van der Waals surface area contributed by atoms with Gasteiger partial charge in [0, 0.05) is 6.04 Å². The van der Waals surface area contributed by atoms with Crippen molar-refractivity contribution in [3.05, 3.63) is 28.8 Å². The predicted molar refractivity (Wildman–Crippen MR) is 48.1 cm³/mol. The van der Waals surface area contributed by atoms with E-state index in [1.54, 1.807) is 6.07 Å². The monoisotopic (exact) mass is 163 g/mol. The molecule has 0 saturated carbocycles. The van der Waals surface area contributed by atoms with Crippen LogP contribution in [0.3, 0.4) is 0 Å². The van der Waals surface area contributed by atoms with Gasteiger partial charge in [-0.05, 0) is 48.6 Å². The third kappa shape index (κ3) is 0.994. The fourth-order valence-electron chi connectivity index (χ4n) is 2.04. The summed E-state index contributed by atoms with van der Waals surface area (Å²) in [4.78, 5) is 0. The molecular weight excluding hydrogens is 150 g/mol. The van der Waals surface area contributed by atoms with E-state index in [1.165, 1.54) is 11.1 Å². The molecule has 0 fully saturated rings. The molecule has 1 aliphatic carbocycles. The van der Waals surface area contributed by atoms with E-state index in [-0.39, 0.29) is 6.04 Å². The molecule has 64 valence electrons. The largest absolute Gasteiger partial charge is 0.508 e. The Balaban J connectivity index is 2.60. The normalized spacial score (nSPS) is 21.0. The summed E-state index contributed by atoms with van der Waals surface area (Å²) in [6.45, 7) is 2.00. The molecule has 1 atom stereocenters. The minimum absolute atomic E-state index is 0.181. The standard InChI is InChI=1S/C10H13NO/c1-6-4-8(12)5-7-2-3-9(11)10(6)7/h4-5,9,12H,2-3,11H2,1H3/t9-/m0/s1. The first kappa shape index (κ1) is 7.62. The number of phenolic OH excluding ortho intramolecular Hbond substituents is 1. The maximum atomic E-state index is 9.32. The van der Waals surface area contributed by atoms with Crippen molar-refractivity contribution in [2.45, 2.75) is 25.8 Å². The lowest BCUT2D eigenvalue weighted by atomic mass is 10.0. The van der Waals surface area contributed by atoms with Crippen molar-refractivity contribution < 1.29 is 5.11 Å². The van der Waals surface area contributed by atoms with Crippen molar-refractivity contribution in [3.63, 3.8) is 0 Å². The average Bonchev–Trinajstić information content (AvgIpc) is 2.31. The Labute approximate surface area is 72.0 Å². The van der Waals surface area contributed by atoms with Gasteiger partial charge < -0.3 is 10.8 Å². The van der Waals surface area contributed by atoms with Crippen LogP contribution in [0.5, 0.6) is 5.75 Å². The number of hydrogen-bond donors (Lipinski definition) is 2. The highest BCUT2D eigenvalue weighted by molar-refractivity contribution is 5.45. The zero-order valence-corrected chi connectivity index (χ0v) is 7.17. The molecule has 0 unspecified atom stereocenters. The van der Waals surface area contributed by atoms with Crippen LogP contribution in [-0.2, 0) is 6.42 Å². The highest BCUT2D eigenvalue weighted by atomic mass is 16.3. The topological polar surface area (TPSA) is 46.2 Å². The van der Waals surface area contributed by atoms with Crippen LogP contribution in [0.25, 0.3) is 0 Å². The molecule has 0 spiro atoms. The molecule has 12 heavy (non-hydrogen) atoms.